The predicted molar refractivity (Wildman–Crippen MR) is 65.5 cm³/mol. The number of aliphatic hydroxyl groups excluding tert-OH is 1. The van der Waals surface area contributed by atoms with E-state index >= 15 is 0 Å². The first-order valence-corrected chi connectivity index (χ1v) is 5.66. The minimum atomic E-state index is -0.886. The van der Waals surface area contributed by atoms with Crippen LogP contribution in [0, 0.1) is 0 Å². The smallest absolute Gasteiger partial charge is 0.240 e. The molecular formula is C12H17N3O2. The van der Waals surface area contributed by atoms with Crippen molar-refractivity contribution in [1.82, 2.24) is 5.32 Å². The van der Waals surface area contributed by atoms with Crippen LogP contribution >= 0.6 is 0 Å². The molecule has 1 aliphatic heterocycles. The molecule has 1 aromatic rings. The normalized spacial score (nSPS) is 21.2. The number of nitrogens with two attached hydrogens (primary N) is 1. The molecule has 0 radical (unpaired) electrons. The zero-order valence-corrected chi connectivity index (χ0v) is 9.68. The van der Waals surface area contributed by atoms with E-state index in [0.29, 0.717) is 6.54 Å². The largest absolute Gasteiger partial charge is 0.391 e. The number of benzene rings is 1. The summed E-state index contributed by atoms with van der Waals surface area (Å²) in [7, 11) is 0. The molecule has 0 saturated heterocycles. The van der Waals surface area contributed by atoms with E-state index in [1.165, 1.54) is 6.92 Å². The van der Waals surface area contributed by atoms with E-state index in [-0.39, 0.29) is 11.9 Å². The lowest BCUT2D eigenvalue weighted by Crippen LogP contribution is -2.48. The van der Waals surface area contributed by atoms with E-state index in [9.17, 15) is 9.90 Å². The van der Waals surface area contributed by atoms with Crippen LogP contribution < -0.4 is 16.4 Å². The molecule has 0 bridgehead atoms. The zero-order chi connectivity index (χ0) is 12.4. The van der Waals surface area contributed by atoms with Crippen LogP contribution in [0.4, 0.5) is 5.69 Å². The molecule has 0 saturated carbocycles. The number of rotatable bonds is 3. The van der Waals surface area contributed by atoms with Gasteiger partial charge in [0, 0.05) is 12.2 Å². The summed E-state index contributed by atoms with van der Waals surface area (Å²) in [6.07, 6.45) is -0.848. The van der Waals surface area contributed by atoms with E-state index in [4.69, 9.17) is 5.73 Å². The van der Waals surface area contributed by atoms with Crippen LogP contribution in [0.15, 0.2) is 24.3 Å². The van der Waals surface area contributed by atoms with Crippen molar-refractivity contribution in [1.29, 1.82) is 0 Å². The van der Waals surface area contributed by atoms with Crippen molar-refractivity contribution in [2.45, 2.75) is 25.1 Å². The van der Waals surface area contributed by atoms with Gasteiger partial charge < -0.3 is 21.5 Å². The lowest BCUT2D eigenvalue weighted by molar-refractivity contribution is -0.125. The summed E-state index contributed by atoms with van der Waals surface area (Å²) in [5.41, 5.74) is 7.66. The molecule has 2 rings (SSSR count). The highest BCUT2D eigenvalue weighted by atomic mass is 16.3. The van der Waals surface area contributed by atoms with Crippen molar-refractivity contribution in [3.63, 3.8) is 0 Å². The predicted octanol–water partition coefficient (Wildman–Crippen LogP) is -0.0225. The molecule has 0 spiro atoms. The third-order valence-electron chi connectivity index (χ3n) is 2.97. The maximum atomic E-state index is 11.7. The maximum absolute atomic E-state index is 11.7. The molecule has 1 aromatic carbocycles. The number of hydrogen-bond acceptors (Lipinski definition) is 4. The van der Waals surface area contributed by atoms with Gasteiger partial charge in [0.1, 0.15) is 6.04 Å². The van der Waals surface area contributed by atoms with Crippen molar-refractivity contribution in [3.8, 4) is 0 Å². The van der Waals surface area contributed by atoms with Gasteiger partial charge in [-0.05, 0) is 18.6 Å². The van der Waals surface area contributed by atoms with Gasteiger partial charge >= 0.3 is 0 Å². The summed E-state index contributed by atoms with van der Waals surface area (Å²) < 4.78 is 0. The standard InChI is InChI=1S/C12H17N3O2/c1-7(16)11(13)12(17)15-10-6-14-9-5-3-2-4-8(9)10/h2-5,7,10-11,14,16H,6,13H2,1H3,(H,15,17). The summed E-state index contributed by atoms with van der Waals surface area (Å²) in [5, 5.41) is 15.3. The van der Waals surface area contributed by atoms with Crippen LogP contribution in [-0.4, -0.2) is 29.7 Å². The molecule has 3 atom stereocenters. The SMILES string of the molecule is CC(O)C(N)C(=O)NC1CNc2ccccc21. The molecule has 0 fully saturated rings. The molecule has 3 unspecified atom stereocenters. The summed E-state index contributed by atoms with van der Waals surface area (Å²) in [6, 6.07) is 6.84. The van der Waals surface area contributed by atoms with Crippen molar-refractivity contribution in [2.24, 2.45) is 5.73 Å². The van der Waals surface area contributed by atoms with Gasteiger partial charge in [-0.2, -0.15) is 0 Å². The number of aliphatic hydroxyl groups is 1. The number of para-hydroxylation sites is 1. The molecule has 5 heteroatoms. The van der Waals surface area contributed by atoms with E-state index in [1.807, 2.05) is 24.3 Å². The van der Waals surface area contributed by atoms with Crippen LogP contribution in [0.3, 0.4) is 0 Å². The molecular weight excluding hydrogens is 218 g/mol. The average molecular weight is 235 g/mol. The molecule has 17 heavy (non-hydrogen) atoms. The van der Waals surface area contributed by atoms with Gasteiger partial charge in [-0.1, -0.05) is 18.2 Å². The highest BCUT2D eigenvalue weighted by molar-refractivity contribution is 5.83. The van der Waals surface area contributed by atoms with E-state index in [2.05, 4.69) is 10.6 Å². The summed E-state index contributed by atoms with van der Waals surface area (Å²) in [6.45, 7) is 2.16. The topological polar surface area (TPSA) is 87.4 Å². The lowest BCUT2D eigenvalue weighted by Gasteiger charge is -2.18. The van der Waals surface area contributed by atoms with Crippen LogP contribution in [0.1, 0.15) is 18.5 Å². The first kappa shape index (κ1) is 11.9. The van der Waals surface area contributed by atoms with E-state index in [0.717, 1.165) is 11.3 Å². The molecule has 5 nitrogen and oxygen atoms in total. The molecule has 0 aromatic heterocycles. The van der Waals surface area contributed by atoms with Crippen molar-refractivity contribution in [2.75, 3.05) is 11.9 Å². The number of carbonyl (C=O) groups excluding carboxylic acids is 1. The minimum Gasteiger partial charge on any atom is -0.391 e. The minimum absolute atomic E-state index is 0.0801. The average Bonchev–Trinajstić information content (AvgIpc) is 2.71. The Morgan fingerprint density at radius 1 is 1.59 bits per heavy atom. The first-order chi connectivity index (χ1) is 8.09. The highest BCUT2D eigenvalue weighted by Crippen LogP contribution is 2.28. The zero-order valence-electron chi connectivity index (χ0n) is 9.68. The molecule has 0 aliphatic carbocycles. The Morgan fingerprint density at radius 3 is 3.00 bits per heavy atom. The lowest BCUT2D eigenvalue weighted by atomic mass is 10.1. The highest BCUT2D eigenvalue weighted by Gasteiger charge is 2.26. The Kier molecular flexibility index (Phi) is 3.31. The van der Waals surface area contributed by atoms with Crippen molar-refractivity contribution >= 4 is 11.6 Å². The fraction of sp³-hybridized carbons (Fsp3) is 0.417. The van der Waals surface area contributed by atoms with Crippen molar-refractivity contribution < 1.29 is 9.90 Å². The summed E-state index contributed by atoms with van der Waals surface area (Å²) >= 11 is 0. The van der Waals surface area contributed by atoms with Crippen molar-refractivity contribution in [3.05, 3.63) is 29.8 Å². The molecule has 92 valence electrons. The Morgan fingerprint density at radius 2 is 2.29 bits per heavy atom. The molecule has 1 amide bonds. The number of nitrogens with one attached hydrogen (secondary N) is 2. The first-order valence-electron chi connectivity index (χ1n) is 5.66. The van der Waals surface area contributed by atoms with Crippen LogP contribution in [0.2, 0.25) is 0 Å². The second-order valence-electron chi connectivity index (χ2n) is 4.30. The van der Waals surface area contributed by atoms with Crippen LogP contribution in [0.5, 0.6) is 0 Å². The Balaban J connectivity index is 2.05. The molecule has 1 heterocycles. The second kappa shape index (κ2) is 4.73. The van der Waals surface area contributed by atoms with Gasteiger partial charge in [0.2, 0.25) is 5.91 Å². The number of hydrogen-bond donors (Lipinski definition) is 4. The van der Waals surface area contributed by atoms with Gasteiger partial charge in [0.05, 0.1) is 12.1 Å². The number of anilines is 1. The number of carbonyl (C=O) groups is 1. The molecule has 1 aliphatic rings. The Hall–Kier alpha value is -1.59. The summed E-state index contributed by atoms with van der Waals surface area (Å²) in [5.74, 6) is -0.330. The van der Waals surface area contributed by atoms with E-state index in [1.54, 1.807) is 0 Å². The fourth-order valence-electron chi connectivity index (χ4n) is 1.90. The monoisotopic (exact) mass is 235 g/mol. The van der Waals surface area contributed by atoms with Crippen LogP contribution in [-0.2, 0) is 4.79 Å². The van der Waals surface area contributed by atoms with Crippen LogP contribution in [0.25, 0.3) is 0 Å². The Labute approximate surface area is 100 Å². The van der Waals surface area contributed by atoms with E-state index < -0.39 is 12.1 Å². The van der Waals surface area contributed by atoms with Gasteiger partial charge in [0.15, 0.2) is 0 Å². The summed E-state index contributed by atoms with van der Waals surface area (Å²) in [4.78, 5) is 11.7. The number of fused-ring (bicyclic) bond motifs is 1. The second-order valence-corrected chi connectivity index (χ2v) is 4.30. The molecule has 5 N–H and O–H groups in total. The van der Waals surface area contributed by atoms with Gasteiger partial charge in [-0.15, -0.1) is 0 Å². The maximum Gasteiger partial charge on any atom is 0.240 e. The van der Waals surface area contributed by atoms with Gasteiger partial charge in [-0.3, -0.25) is 4.79 Å². The van der Waals surface area contributed by atoms with Gasteiger partial charge in [-0.25, -0.2) is 0 Å². The third-order valence-corrected chi connectivity index (χ3v) is 2.97. The third kappa shape index (κ3) is 2.40. The fourth-order valence-corrected chi connectivity index (χ4v) is 1.90. The van der Waals surface area contributed by atoms with Gasteiger partial charge in [0.25, 0.3) is 0 Å². The quantitative estimate of drug-likeness (QED) is 0.593. The number of amides is 1. The Bertz CT molecular complexity index is 420.